The predicted molar refractivity (Wildman–Crippen MR) is 93.6 cm³/mol. The van der Waals surface area contributed by atoms with Crippen molar-refractivity contribution in [1.82, 2.24) is 15.5 Å². The molecular formula is C19H23N3O4. The maximum atomic E-state index is 13.3. The van der Waals surface area contributed by atoms with Gasteiger partial charge in [-0.2, -0.15) is 0 Å². The van der Waals surface area contributed by atoms with Crippen molar-refractivity contribution in [3.8, 4) is 5.75 Å². The van der Waals surface area contributed by atoms with Gasteiger partial charge < -0.3 is 15.4 Å². The first-order chi connectivity index (χ1) is 12.5. The number of amides is 4. The lowest BCUT2D eigenvalue weighted by Gasteiger charge is -2.34. The molecule has 1 aromatic carbocycles. The van der Waals surface area contributed by atoms with Gasteiger partial charge >= 0.3 is 6.03 Å². The third-order valence-corrected chi connectivity index (χ3v) is 5.58. The first kappa shape index (κ1) is 16.9. The summed E-state index contributed by atoms with van der Waals surface area (Å²) in [5.74, 6) is 0.109. The minimum absolute atomic E-state index is 0.183. The number of nitrogens with zero attached hydrogens (tertiary/aromatic N) is 1. The quantitative estimate of drug-likeness (QED) is 0.799. The molecule has 2 fully saturated rings. The number of nitrogens with one attached hydrogen (secondary N) is 2. The van der Waals surface area contributed by atoms with Crippen LogP contribution >= 0.6 is 0 Å². The molecule has 0 bridgehead atoms. The number of urea groups is 1. The molecule has 7 nitrogen and oxygen atoms in total. The van der Waals surface area contributed by atoms with E-state index < -0.39 is 17.6 Å². The van der Waals surface area contributed by atoms with Crippen molar-refractivity contribution in [3.05, 3.63) is 29.3 Å². The van der Waals surface area contributed by atoms with Crippen LogP contribution in [0.1, 0.15) is 43.7 Å². The molecule has 4 amide bonds. The second-order valence-electron chi connectivity index (χ2n) is 7.35. The van der Waals surface area contributed by atoms with Crippen LogP contribution in [0.4, 0.5) is 4.79 Å². The van der Waals surface area contributed by atoms with E-state index in [2.05, 4.69) is 10.6 Å². The fourth-order valence-electron chi connectivity index (χ4n) is 3.96. The summed E-state index contributed by atoms with van der Waals surface area (Å²) in [5, 5.41) is 5.75. The van der Waals surface area contributed by atoms with E-state index in [1.54, 1.807) is 20.1 Å². The van der Waals surface area contributed by atoms with Crippen molar-refractivity contribution in [2.75, 3.05) is 7.11 Å². The molecule has 2 aliphatic carbocycles. The number of hydrogen-bond donors (Lipinski definition) is 2. The molecule has 1 saturated heterocycles. The number of aryl methyl sites for hydroxylation is 1. The van der Waals surface area contributed by atoms with Crippen LogP contribution in [0, 0.1) is 0 Å². The zero-order valence-corrected chi connectivity index (χ0v) is 15.0. The van der Waals surface area contributed by atoms with E-state index in [1.165, 1.54) is 0 Å². The van der Waals surface area contributed by atoms with Gasteiger partial charge in [-0.25, -0.2) is 9.69 Å². The summed E-state index contributed by atoms with van der Waals surface area (Å²) in [6, 6.07) is 4.42. The monoisotopic (exact) mass is 357 g/mol. The van der Waals surface area contributed by atoms with Crippen molar-refractivity contribution in [2.24, 2.45) is 0 Å². The van der Waals surface area contributed by atoms with Crippen LogP contribution in [0.2, 0.25) is 0 Å². The number of imide groups is 1. The van der Waals surface area contributed by atoms with Crippen molar-refractivity contribution >= 4 is 17.8 Å². The molecule has 2 unspecified atom stereocenters. The number of fused-ring (bicyclic) bond motifs is 2. The minimum Gasteiger partial charge on any atom is -0.497 e. The smallest absolute Gasteiger partial charge is 0.326 e. The first-order valence-electron chi connectivity index (χ1n) is 9.10. The molecule has 138 valence electrons. The second-order valence-corrected chi connectivity index (χ2v) is 7.35. The molecule has 0 aromatic heterocycles. The summed E-state index contributed by atoms with van der Waals surface area (Å²) in [7, 11) is 1.60. The van der Waals surface area contributed by atoms with Gasteiger partial charge in [-0.3, -0.25) is 9.59 Å². The fraction of sp³-hybridized carbons (Fsp3) is 0.526. The van der Waals surface area contributed by atoms with Gasteiger partial charge in [-0.1, -0.05) is 6.07 Å². The molecule has 7 heteroatoms. The summed E-state index contributed by atoms with van der Waals surface area (Å²) in [6.07, 6.45) is 4.05. The molecule has 1 aromatic rings. The van der Waals surface area contributed by atoms with Gasteiger partial charge in [0.2, 0.25) is 5.91 Å². The van der Waals surface area contributed by atoms with Crippen LogP contribution in [-0.4, -0.2) is 41.9 Å². The van der Waals surface area contributed by atoms with Crippen molar-refractivity contribution in [1.29, 1.82) is 0 Å². The Morgan fingerprint density at radius 3 is 2.85 bits per heavy atom. The molecule has 4 rings (SSSR count). The normalized spacial score (nSPS) is 25.7. The summed E-state index contributed by atoms with van der Waals surface area (Å²) in [5.41, 5.74) is 0.729. The topological polar surface area (TPSA) is 87.7 Å². The van der Waals surface area contributed by atoms with Crippen LogP contribution < -0.4 is 15.4 Å². The van der Waals surface area contributed by atoms with E-state index in [4.69, 9.17) is 4.74 Å². The summed E-state index contributed by atoms with van der Waals surface area (Å²) >= 11 is 0. The average Bonchev–Trinajstić information content (AvgIpc) is 3.41. The number of methoxy groups -OCH3 is 1. The summed E-state index contributed by atoms with van der Waals surface area (Å²) < 4.78 is 5.28. The van der Waals surface area contributed by atoms with Gasteiger partial charge in [0.05, 0.1) is 7.11 Å². The first-order valence-corrected chi connectivity index (χ1v) is 9.10. The van der Waals surface area contributed by atoms with Gasteiger partial charge in [0.15, 0.2) is 0 Å². The minimum atomic E-state index is -1.08. The molecule has 1 heterocycles. The highest BCUT2D eigenvalue weighted by Gasteiger charge is 2.56. The fourth-order valence-corrected chi connectivity index (χ4v) is 3.96. The highest BCUT2D eigenvalue weighted by molar-refractivity contribution is 6.10. The molecule has 1 aliphatic heterocycles. The number of ether oxygens (including phenoxy) is 1. The maximum absolute atomic E-state index is 13.3. The Morgan fingerprint density at radius 1 is 1.38 bits per heavy atom. The summed E-state index contributed by atoms with van der Waals surface area (Å²) in [4.78, 5) is 39.4. The number of hydrogen-bond acceptors (Lipinski definition) is 4. The Balaban J connectivity index is 1.66. The van der Waals surface area contributed by atoms with E-state index >= 15 is 0 Å². The molecule has 2 N–H and O–H groups in total. The van der Waals surface area contributed by atoms with Gasteiger partial charge in [0.1, 0.15) is 17.3 Å². The standard InChI is InChI=1S/C19H23N3O4/c1-11(16(23)20-13-5-6-13)22-17(24)19(21-18(22)25)9-3-4-12-10-14(26-2)7-8-15(12)19/h7-8,10-11,13H,3-6,9H2,1-2H3,(H,20,23)(H,21,25). The average molecular weight is 357 g/mol. The van der Waals surface area contributed by atoms with E-state index in [1.807, 2.05) is 12.1 Å². The van der Waals surface area contributed by atoms with Gasteiger partial charge in [-0.15, -0.1) is 0 Å². The lowest BCUT2D eigenvalue weighted by Crippen LogP contribution is -2.50. The van der Waals surface area contributed by atoms with Crippen LogP contribution in [0.25, 0.3) is 0 Å². The Hall–Kier alpha value is -2.57. The van der Waals surface area contributed by atoms with E-state index in [-0.39, 0.29) is 17.9 Å². The molecule has 26 heavy (non-hydrogen) atoms. The lowest BCUT2D eigenvalue weighted by atomic mass is 9.76. The third kappa shape index (κ3) is 2.53. The molecule has 2 atom stereocenters. The van der Waals surface area contributed by atoms with Crippen LogP contribution in [0.15, 0.2) is 18.2 Å². The SMILES string of the molecule is COc1ccc2c(c1)CCCC21NC(=O)N(C(C)C(=O)NC2CC2)C1=O. The third-order valence-electron chi connectivity index (χ3n) is 5.58. The highest BCUT2D eigenvalue weighted by atomic mass is 16.5. The molecule has 3 aliphatic rings. The Labute approximate surface area is 152 Å². The van der Waals surface area contributed by atoms with Gasteiger partial charge in [-0.05, 0) is 62.3 Å². The zero-order valence-electron chi connectivity index (χ0n) is 15.0. The Morgan fingerprint density at radius 2 is 2.15 bits per heavy atom. The van der Waals surface area contributed by atoms with Crippen molar-refractivity contribution < 1.29 is 19.1 Å². The molecular weight excluding hydrogens is 334 g/mol. The van der Waals surface area contributed by atoms with E-state index in [0.717, 1.165) is 47.5 Å². The Bertz CT molecular complexity index is 789. The number of carbonyl (C=O) groups excluding carboxylic acids is 3. The number of benzene rings is 1. The largest absolute Gasteiger partial charge is 0.497 e. The van der Waals surface area contributed by atoms with E-state index in [9.17, 15) is 14.4 Å². The Kier molecular flexibility index (Phi) is 3.89. The van der Waals surface area contributed by atoms with Crippen LogP contribution in [0.5, 0.6) is 5.75 Å². The number of carbonyl (C=O) groups is 3. The van der Waals surface area contributed by atoms with Crippen molar-refractivity contribution in [3.63, 3.8) is 0 Å². The predicted octanol–water partition coefficient (Wildman–Crippen LogP) is 1.45. The molecule has 1 saturated carbocycles. The lowest BCUT2D eigenvalue weighted by molar-refractivity contribution is -0.138. The van der Waals surface area contributed by atoms with E-state index in [0.29, 0.717) is 6.42 Å². The second kappa shape index (κ2) is 6.00. The maximum Gasteiger partial charge on any atom is 0.326 e. The molecule has 0 radical (unpaired) electrons. The van der Waals surface area contributed by atoms with Crippen LogP contribution in [0.3, 0.4) is 0 Å². The van der Waals surface area contributed by atoms with Crippen molar-refractivity contribution in [2.45, 2.75) is 56.7 Å². The van der Waals surface area contributed by atoms with Gasteiger partial charge in [0.25, 0.3) is 5.91 Å². The number of rotatable bonds is 4. The van der Waals surface area contributed by atoms with Crippen LogP contribution in [-0.2, 0) is 21.5 Å². The zero-order chi connectivity index (χ0) is 18.5. The highest BCUT2D eigenvalue weighted by Crippen LogP contribution is 2.41. The van der Waals surface area contributed by atoms with Gasteiger partial charge in [0, 0.05) is 6.04 Å². The summed E-state index contributed by atoms with van der Waals surface area (Å²) in [6.45, 7) is 1.60. The molecule has 1 spiro atoms.